The van der Waals surface area contributed by atoms with Gasteiger partial charge in [0.25, 0.3) is 0 Å². The molecule has 108 valence electrons. The van der Waals surface area contributed by atoms with E-state index in [1.165, 1.54) is 35.2 Å². The van der Waals surface area contributed by atoms with Gasteiger partial charge in [-0.3, -0.25) is 4.79 Å². The quantitative estimate of drug-likeness (QED) is 0.863. The molecule has 0 fully saturated rings. The third kappa shape index (κ3) is 2.59. The number of halogens is 2. The summed E-state index contributed by atoms with van der Waals surface area (Å²) in [5.41, 5.74) is 8.19. The molecule has 0 atom stereocenters. The predicted molar refractivity (Wildman–Crippen MR) is 76.7 cm³/mol. The number of nitrogen functional groups attached to an aromatic ring is 1. The molecule has 2 aromatic carbocycles. The zero-order valence-corrected chi connectivity index (χ0v) is 11.3. The van der Waals surface area contributed by atoms with E-state index in [2.05, 4.69) is 0 Å². The highest BCUT2D eigenvalue weighted by atomic mass is 19.1. The Morgan fingerprint density at radius 3 is 2.57 bits per heavy atom. The van der Waals surface area contributed by atoms with Gasteiger partial charge in [-0.1, -0.05) is 6.07 Å². The van der Waals surface area contributed by atoms with Crippen LogP contribution in [0.3, 0.4) is 0 Å². The van der Waals surface area contributed by atoms with Crippen LogP contribution in [0.25, 0.3) is 0 Å². The number of amides is 1. The number of benzene rings is 2. The van der Waals surface area contributed by atoms with Crippen molar-refractivity contribution in [2.24, 2.45) is 0 Å². The van der Waals surface area contributed by atoms with Crippen LogP contribution in [-0.2, 0) is 17.8 Å². The van der Waals surface area contributed by atoms with Crippen LogP contribution in [0.4, 0.5) is 20.2 Å². The molecule has 21 heavy (non-hydrogen) atoms. The minimum absolute atomic E-state index is 0.114. The van der Waals surface area contributed by atoms with Crippen LogP contribution in [0.15, 0.2) is 36.4 Å². The van der Waals surface area contributed by atoms with Crippen molar-refractivity contribution in [1.82, 2.24) is 0 Å². The Morgan fingerprint density at radius 1 is 1.05 bits per heavy atom. The molecule has 1 aliphatic rings. The number of nitrogens with two attached hydrogens (primary N) is 1. The Bertz CT molecular complexity index is 715. The highest BCUT2D eigenvalue weighted by Gasteiger charge is 2.25. The average molecular weight is 288 g/mol. The van der Waals surface area contributed by atoms with E-state index >= 15 is 0 Å². The number of hydrogen-bond acceptors (Lipinski definition) is 2. The van der Waals surface area contributed by atoms with E-state index in [9.17, 15) is 13.6 Å². The maximum absolute atomic E-state index is 13.5. The lowest BCUT2D eigenvalue weighted by Crippen LogP contribution is -2.34. The number of carbonyl (C=O) groups excluding carboxylic acids is 1. The lowest BCUT2D eigenvalue weighted by Gasteiger charge is -2.30. The second-order valence-electron chi connectivity index (χ2n) is 5.10. The number of anilines is 2. The fourth-order valence-corrected chi connectivity index (χ4v) is 2.57. The number of nitrogens with zero attached hydrogens (tertiary/aromatic N) is 1. The first-order valence-corrected chi connectivity index (χ1v) is 6.67. The molecular weight excluding hydrogens is 274 g/mol. The maximum atomic E-state index is 13.5. The summed E-state index contributed by atoms with van der Waals surface area (Å²) in [7, 11) is 0. The van der Waals surface area contributed by atoms with Crippen molar-refractivity contribution in [2.75, 3.05) is 10.6 Å². The maximum Gasteiger partial charge on any atom is 0.227 e. The highest BCUT2D eigenvalue weighted by molar-refractivity contribution is 5.96. The third-order valence-electron chi connectivity index (χ3n) is 3.68. The Labute approximate surface area is 121 Å². The molecule has 1 amide bonds. The Hall–Kier alpha value is -2.43. The number of rotatable bonds is 2. The van der Waals surface area contributed by atoms with Crippen LogP contribution in [0.2, 0.25) is 0 Å². The van der Waals surface area contributed by atoms with E-state index in [1.54, 1.807) is 6.07 Å². The first kappa shape index (κ1) is 13.5. The van der Waals surface area contributed by atoms with Crippen molar-refractivity contribution in [2.45, 2.75) is 19.4 Å². The molecule has 5 heteroatoms. The van der Waals surface area contributed by atoms with E-state index < -0.39 is 11.6 Å². The predicted octanol–water partition coefficient (Wildman–Crippen LogP) is 3.03. The van der Waals surface area contributed by atoms with Crippen LogP contribution in [0.1, 0.15) is 17.5 Å². The Kier molecular flexibility index (Phi) is 3.33. The molecule has 2 aromatic rings. The normalized spacial score (nSPS) is 14.2. The smallest absolute Gasteiger partial charge is 0.227 e. The van der Waals surface area contributed by atoms with E-state index in [0.29, 0.717) is 29.8 Å². The molecule has 0 unspecified atom stereocenters. The Morgan fingerprint density at radius 2 is 1.76 bits per heavy atom. The van der Waals surface area contributed by atoms with E-state index in [0.717, 1.165) is 5.56 Å². The van der Waals surface area contributed by atoms with Gasteiger partial charge < -0.3 is 10.6 Å². The van der Waals surface area contributed by atoms with Gasteiger partial charge in [-0.2, -0.15) is 0 Å². The van der Waals surface area contributed by atoms with Crippen molar-refractivity contribution < 1.29 is 13.6 Å². The molecule has 3 rings (SSSR count). The molecule has 0 saturated heterocycles. The summed E-state index contributed by atoms with van der Waals surface area (Å²) < 4.78 is 26.8. The molecule has 2 N–H and O–H groups in total. The largest absolute Gasteiger partial charge is 0.398 e. The molecule has 3 nitrogen and oxygen atoms in total. The minimum Gasteiger partial charge on any atom is -0.398 e. The summed E-state index contributed by atoms with van der Waals surface area (Å²) in [6.45, 7) is 0.138. The molecule has 1 aliphatic heterocycles. The summed E-state index contributed by atoms with van der Waals surface area (Å²) in [6, 6.07) is 8.43. The number of fused-ring (bicyclic) bond motifs is 1. The fourth-order valence-electron chi connectivity index (χ4n) is 2.57. The standard InChI is InChI=1S/C16H14F2N2O/c17-12-4-5-14(19)11(7-12)9-20-15-8-13(18)3-1-10(15)2-6-16(20)21/h1,3-5,7-8H,2,6,9,19H2. The highest BCUT2D eigenvalue weighted by Crippen LogP contribution is 2.31. The molecule has 0 radical (unpaired) electrons. The summed E-state index contributed by atoms with van der Waals surface area (Å²) in [5, 5.41) is 0. The summed E-state index contributed by atoms with van der Waals surface area (Å²) >= 11 is 0. The zero-order chi connectivity index (χ0) is 15.0. The number of aryl methyl sites for hydroxylation is 1. The van der Waals surface area contributed by atoms with Gasteiger partial charge in [0, 0.05) is 12.1 Å². The third-order valence-corrected chi connectivity index (χ3v) is 3.68. The zero-order valence-electron chi connectivity index (χ0n) is 11.3. The van der Waals surface area contributed by atoms with Gasteiger partial charge in [-0.15, -0.1) is 0 Å². The minimum atomic E-state index is -0.414. The molecule has 0 spiro atoms. The van der Waals surface area contributed by atoms with Gasteiger partial charge in [0.1, 0.15) is 11.6 Å². The molecule has 1 heterocycles. The average Bonchev–Trinajstić information content (AvgIpc) is 2.46. The van der Waals surface area contributed by atoms with Crippen molar-refractivity contribution in [3.63, 3.8) is 0 Å². The van der Waals surface area contributed by atoms with Gasteiger partial charge in [0.05, 0.1) is 12.2 Å². The first-order valence-electron chi connectivity index (χ1n) is 6.67. The Balaban J connectivity index is 2.00. The molecule has 0 aliphatic carbocycles. The molecule has 0 aromatic heterocycles. The summed E-state index contributed by atoms with van der Waals surface area (Å²) in [5.74, 6) is -0.930. The second-order valence-corrected chi connectivity index (χ2v) is 5.10. The van der Waals surface area contributed by atoms with E-state index in [1.807, 2.05) is 0 Å². The summed E-state index contributed by atoms with van der Waals surface area (Å²) in [6.07, 6.45) is 0.942. The van der Waals surface area contributed by atoms with E-state index in [4.69, 9.17) is 5.73 Å². The van der Waals surface area contributed by atoms with Gasteiger partial charge in [-0.25, -0.2) is 8.78 Å². The number of carbonyl (C=O) groups is 1. The van der Waals surface area contributed by atoms with E-state index in [-0.39, 0.29) is 12.5 Å². The lowest BCUT2D eigenvalue weighted by molar-refractivity contribution is -0.119. The fraction of sp³-hybridized carbons (Fsp3) is 0.188. The SMILES string of the molecule is Nc1ccc(F)cc1CN1C(=O)CCc2ccc(F)cc21. The number of hydrogen-bond donors (Lipinski definition) is 1. The first-order chi connectivity index (χ1) is 10.0. The molecular formula is C16H14F2N2O. The van der Waals surface area contributed by atoms with Crippen LogP contribution < -0.4 is 10.6 Å². The lowest BCUT2D eigenvalue weighted by atomic mass is 10.00. The topological polar surface area (TPSA) is 46.3 Å². The monoisotopic (exact) mass is 288 g/mol. The second kappa shape index (κ2) is 5.16. The van der Waals surface area contributed by atoms with Crippen LogP contribution in [0, 0.1) is 11.6 Å². The molecule has 0 bridgehead atoms. The summed E-state index contributed by atoms with van der Waals surface area (Å²) in [4.78, 5) is 13.6. The van der Waals surface area contributed by atoms with Crippen molar-refractivity contribution >= 4 is 17.3 Å². The van der Waals surface area contributed by atoms with Crippen molar-refractivity contribution in [3.8, 4) is 0 Å². The van der Waals surface area contributed by atoms with Crippen molar-refractivity contribution in [3.05, 3.63) is 59.2 Å². The van der Waals surface area contributed by atoms with Crippen LogP contribution in [0.5, 0.6) is 0 Å². The van der Waals surface area contributed by atoms with Crippen LogP contribution >= 0.6 is 0 Å². The van der Waals surface area contributed by atoms with Gasteiger partial charge in [0.2, 0.25) is 5.91 Å². The van der Waals surface area contributed by atoms with Crippen molar-refractivity contribution in [1.29, 1.82) is 0 Å². The van der Waals surface area contributed by atoms with Gasteiger partial charge >= 0.3 is 0 Å². The van der Waals surface area contributed by atoms with Crippen LogP contribution in [-0.4, -0.2) is 5.91 Å². The molecule has 0 saturated carbocycles. The van der Waals surface area contributed by atoms with Gasteiger partial charge in [-0.05, 0) is 47.9 Å². The van der Waals surface area contributed by atoms with Gasteiger partial charge in [0.15, 0.2) is 0 Å².